The first-order valence-corrected chi connectivity index (χ1v) is 12.7. The van der Waals surface area contributed by atoms with E-state index in [9.17, 15) is 18.0 Å². The van der Waals surface area contributed by atoms with Crippen molar-refractivity contribution < 1.29 is 27.5 Å². The molecule has 0 saturated carbocycles. The predicted molar refractivity (Wildman–Crippen MR) is 147 cm³/mol. The van der Waals surface area contributed by atoms with Crippen LogP contribution in [0.2, 0.25) is 0 Å². The number of carbonyl (C=O) groups excluding carboxylic acids is 2. The number of unbranched alkanes of at least 4 members (excludes halogenated alkanes) is 1. The summed E-state index contributed by atoms with van der Waals surface area (Å²) in [6, 6.07) is 11.8. The largest absolute Gasteiger partial charge is 0.497 e. The van der Waals surface area contributed by atoms with E-state index in [1.54, 1.807) is 19.1 Å². The van der Waals surface area contributed by atoms with Crippen molar-refractivity contribution in [2.45, 2.75) is 43.5 Å². The highest BCUT2D eigenvalue weighted by Crippen LogP contribution is 2.16. The van der Waals surface area contributed by atoms with E-state index in [2.05, 4.69) is 10.0 Å². The van der Waals surface area contributed by atoms with Gasteiger partial charge in [-0.3, -0.25) is 15.0 Å². The summed E-state index contributed by atoms with van der Waals surface area (Å²) < 4.78 is 37.7. The van der Waals surface area contributed by atoms with Crippen molar-refractivity contribution in [2.24, 2.45) is 5.73 Å². The van der Waals surface area contributed by atoms with Crippen LogP contribution in [0.1, 0.15) is 37.3 Å². The normalized spacial score (nSPS) is 11.6. The van der Waals surface area contributed by atoms with Crippen molar-refractivity contribution in [1.29, 1.82) is 5.41 Å². The smallest absolute Gasteiger partial charge is 0.326 e. The molecule has 0 aliphatic carbocycles. The van der Waals surface area contributed by atoms with E-state index < -0.39 is 22.0 Å². The standard InChI is InChI=1S/C24H32N4O6S.HI/c1-3-34-24(30)21(28-35(31,32)20-14-12-19(33-2)13-15-20)16-27-22(29)7-5-4-6-17-8-10-18(11-9-17)23(25)26;/h8-15,21,28H,3-7,16H2,1-2H3,(H3,25,26)(H,27,29);1H/t21-;/m0./s1. The van der Waals surface area contributed by atoms with Gasteiger partial charge in [-0.25, -0.2) is 8.42 Å². The third-order valence-electron chi connectivity index (χ3n) is 5.13. The molecule has 2 aromatic carbocycles. The number of esters is 1. The number of nitrogen functional groups attached to an aromatic ring is 1. The molecule has 10 nitrogen and oxygen atoms in total. The average molecular weight is 633 g/mol. The number of hydrogen-bond donors (Lipinski definition) is 4. The van der Waals surface area contributed by atoms with E-state index >= 15 is 0 Å². The zero-order chi connectivity index (χ0) is 25.8. The van der Waals surface area contributed by atoms with Gasteiger partial charge in [0.05, 0.1) is 18.6 Å². The Morgan fingerprint density at radius 3 is 2.25 bits per heavy atom. The number of aryl methyl sites for hydroxylation is 1. The Morgan fingerprint density at radius 2 is 1.69 bits per heavy atom. The van der Waals surface area contributed by atoms with Crippen molar-refractivity contribution >= 4 is 51.7 Å². The minimum Gasteiger partial charge on any atom is -0.497 e. The lowest BCUT2D eigenvalue weighted by Gasteiger charge is -2.18. The second kappa shape index (κ2) is 15.4. The molecule has 0 unspecified atom stereocenters. The number of hydrogen-bond acceptors (Lipinski definition) is 7. The lowest BCUT2D eigenvalue weighted by Crippen LogP contribution is -2.49. The number of nitrogens with one attached hydrogen (secondary N) is 3. The molecule has 1 atom stereocenters. The summed E-state index contributed by atoms with van der Waals surface area (Å²) in [5, 5.41) is 10.0. The Labute approximate surface area is 228 Å². The van der Waals surface area contributed by atoms with Crippen LogP contribution in [0, 0.1) is 5.41 Å². The van der Waals surface area contributed by atoms with E-state index in [1.165, 1.54) is 31.4 Å². The molecule has 0 aromatic heterocycles. The van der Waals surface area contributed by atoms with Gasteiger partial charge in [-0.05, 0) is 56.0 Å². The molecule has 2 aromatic rings. The van der Waals surface area contributed by atoms with Crippen LogP contribution in [0.15, 0.2) is 53.4 Å². The van der Waals surface area contributed by atoms with Crippen LogP contribution in [0.25, 0.3) is 0 Å². The summed E-state index contributed by atoms with van der Waals surface area (Å²) in [7, 11) is -2.57. The van der Waals surface area contributed by atoms with Gasteiger partial charge in [-0.15, -0.1) is 24.0 Å². The fourth-order valence-corrected chi connectivity index (χ4v) is 4.38. The van der Waals surface area contributed by atoms with Crippen molar-refractivity contribution in [3.63, 3.8) is 0 Å². The summed E-state index contributed by atoms with van der Waals surface area (Å²) >= 11 is 0. The molecule has 2 rings (SSSR count). The molecule has 0 heterocycles. The highest BCUT2D eigenvalue weighted by molar-refractivity contribution is 14.0. The Hall–Kier alpha value is -2.71. The fraction of sp³-hybridized carbons (Fsp3) is 0.375. The Morgan fingerprint density at radius 1 is 1.06 bits per heavy atom. The number of nitrogens with two attached hydrogens (primary N) is 1. The summed E-state index contributed by atoms with van der Waals surface area (Å²) in [6.07, 6.45) is 2.37. The van der Waals surface area contributed by atoms with Gasteiger partial charge in [0.25, 0.3) is 0 Å². The molecular formula is C24H33IN4O6S. The second-order valence-electron chi connectivity index (χ2n) is 7.72. The highest BCUT2D eigenvalue weighted by Gasteiger charge is 2.27. The van der Waals surface area contributed by atoms with Crippen LogP contribution in [0.4, 0.5) is 0 Å². The van der Waals surface area contributed by atoms with E-state index in [1.807, 2.05) is 12.1 Å². The molecule has 1 amide bonds. The van der Waals surface area contributed by atoms with Gasteiger partial charge in [0.15, 0.2) is 0 Å². The Balaban J connectivity index is 0.00000648. The Kier molecular flexibility index (Phi) is 13.4. The maximum absolute atomic E-state index is 12.7. The van der Waals surface area contributed by atoms with Gasteiger partial charge >= 0.3 is 5.97 Å². The number of sulfonamides is 1. The SMILES string of the molecule is CCOC(=O)[C@H](CNC(=O)CCCCc1ccc(C(=N)N)cc1)NS(=O)(=O)c1ccc(OC)cc1.I. The maximum atomic E-state index is 12.7. The zero-order valence-corrected chi connectivity index (χ0v) is 23.4. The monoisotopic (exact) mass is 632 g/mol. The minimum absolute atomic E-state index is 0. The summed E-state index contributed by atoms with van der Waals surface area (Å²) in [5.41, 5.74) is 7.18. The van der Waals surface area contributed by atoms with Crippen molar-refractivity contribution in [1.82, 2.24) is 10.0 Å². The summed E-state index contributed by atoms with van der Waals surface area (Å²) in [6.45, 7) is 1.44. The molecule has 0 aliphatic rings. The van der Waals surface area contributed by atoms with Crippen LogP contribution >= 0.6 is 24.0 Å². The molecular weight excluding hydrogens is 599 g/mol. The second-order valence-corrected chi connectivity index (χ2v) is 9.44. The molecule has 0 saturated heterocycles. The third-order valence-corrected chi connectivity index (χ3v) is 6.61. The predicted octanol–water partition coefficient (Wildman–Crippen LogP) is 2.34. The topological polar surface area (TPSA) is 161 Å². The molecule has 0 bridgehead atoms. The van der Waals surface area contributed by atoms with Crippen LogP contribution in [-0.4, -0.2) is 52.4 Å². The van der Waals surface area contributed by atoms with Crippen molar-refractivity contribution in [3.8, 4) is 5.75 Å². The molecule has 0 spiro atoms. The fourth-order valence-electron chi connectivity index (χ4n) is 3.20. The number of ether oxygens (including phenoxy) is 2. The molecule has 0 aliphatic heterocycles. The van der Waals surface area contributed by atoms with Crippen LogP contribution in [-0.2, 0) is 30.8 Å². The first-order valence-electron chi connectivity index (χ1n) is 11.2. The lowest BCUT2D eigenvalue weighted by atomic mass is 10.0. The molecule has 5 N–H and O–H groups in total. The van der Waals surface area contributed by atoms with Crippen LogP contribution in [0.3, 0.4) is 0 Å². The van der Waals surface area contributed by atoms with Gasteiger partial charge in [0.2, 0.25) is 15.9 Å². The van der Waals surface area contributed by atoms with Crippen molar-refractivity contribution in [2.75, 3.05) is 20.3 Å². The molecule has 12 heteroatoms. The third kappa shape index (κ3) is 10.1. The number of amides is 1. The number of halogens is 1. The Bertz CT molecular complexity index is 1110. The first-order chi connectivity index (χ1) is 16.7. The number of carbonyl (C=O) groups is 2. The number of methoxy groups -OCH3 is 1. The number of rotatable bonds is 14. The van der Waals surface area contributed by atoms with E-state index in [4.69, 9.17) is 20.6 Å². The summed E-state index contributed by atoms with van der Waals surface area (Å²) in [5.74, 6) is -0.569. The lowest BCUT2D eigenvalue weighted by molar-refractivity contribution is -0.145. The number of amidine groups is 1. The van der Waals surface area contributed by atoms with E-state index in [-0.39, 0.29) is 60.2 Å². The van der Waals surface area contributed by atoms with Gasteiger partial charge < -0.3 is 20.5 Å². The number of benzene rings is 2. The zero-order valence-electron chi connectivity index (χ0n) is 20.3. The molecule has 0 fully saturated rings. The van der Waals surface area contributed by atoms with Gasteiger partial charge in [0.1, 0.15) is 17.6 Å². The van der Waals surface area contributed by atoms with Gasteiger partial charge in [-0.2, -0.15) is 4.72 Å². The summed E-state index contributed by atoms with van der Waals surface area (Å²) in [4.78, 5) is 24.5. The van der Waals surface area contributed by atoms with Crippen molar-refractivity contribution in [3.05, 3.63) is 59.7 Å². The van der Waals surface area contributed by atoms with Gasteiger partial charge in [0, 0.05) is 18.5 Å². The van der Waals surface area contributed by atoms with Crippen LogP contribution < -0.4 is 20.5 Å². The molecule has 198 valence electrons. The van der Waals surface area contributed by atoms with Gasteiger partial charge in [-0.1, -0.05) is 24.3 Å². The average Bonchev–Trinajstić information content (AvgIpc) is 2.84. The molecule has 36 heavy (non-hydrogen) atoms. The quantitative estimate of drug-likeness (QED) is 0.0818. The molecule has 0 radical (unpaired) electrons. The first kappa shape index (κ1) is 31.3. The minimum atomic E-state index is -4.03. The van der Waals surface area contributed by atoms with E-state index in [0.29, 0.717) is 17.7 Å². The highest BCUT2D eigenvalue weighted by atomic mass is 127. The van der Waals surface area contributed by atoms with Crippen LogP contribution in [0.5, 0.6) is 5.75 Å². The maximum Gasteiger partial charge on any atom is 0.326 e. The van der Waals surface area contributed by atoms with E-state index in [0.717, 1.165) is 18.4 Å².